The molecule has 2 rings (SSSR count). The Morgan fingerprint density at radius 1 is 1.32 bits per heavy atom. The Bertz CT molecular complexity index is 524. The van der Waals surface area contributed by atoms with E-state index in [4.69, 9.17) is 26.2 Å². The van der Waals surface area contributed by atoms with Gasteiger partial charge in [-0.2, -0.15) is 5.26 Å². The van der Waals surface area contributed by atoms with Gasteiger partial charge >= 0.3 is 7.12 Å². The monoisotopic (exact) mass is 278 g/mol. The van der Waals surface area contributed by atoms with Crippen LogP contribution in [0.4, 0.5) is 0 Å². The van der Waals surface area contributed by atoms with Gasteiger partial charge in [-0.15, -0.1) is 0 Å². The lowest BCUT2D eigenvalue weighted by Crippen LogP contribution is -2.41. The van der Waals surface area contributed by atoms with E-state index >= 15 is 0 Å². The molecule has 4 nitrogen and oxygen atoms in total. The average Bonchev–Trinajstić information content (AvgIpc) is 2.51. The topological polar surface area (TPSA) is 55.1 Å². The molecule has 2 heterocycles. The van der Waals surface area contributed by atoms with E-state index < -0.39 is 18.3 Å². The average molecular weight is 279 g/mol. The molecule has 0 aromatic carbocycles. The summed E-state index contributed by atoms with van der Waals surface area (Å²) < 4.78 is 11.8. The van der Waals surface area contributed by atoms with Crippen molar-refractivity contribution in [1.29, 1.82) is 5.26 Å². The van der Waals surface area contributed by atoms with Gasteiger partial charge < -0.3 is 9.31 Å². The van der Waals surface area contributed by atoms with E-state index in [1.165, 1.54) is 0 Å². The van der Waals surface area contributed by atoms with Crippen LogP contribution in [-0.4, -0.2) is 23.3 Å². The summed E-state index contributed by atoms with van der Waals surface area (Å²) in [7, 11) is -0.529. The molecular weight excluding hydrogens is 262 g/mol. The molecule has 1 aliphatic heterocycles. The first-order chi connectivity index (χ1) is 8.77. The first-order valence-electron chi connectivity index (χ1n) is 6.14. The van der Waals surface area contributed by atoms with Crippen LogP contribution in [0.1, 0.15) is 33.3 Å². The van der Waals surface area contributed by atoms with Gasteiger partial charge in [0.05, 0.1) is 29.3 Å². The Balaban J connectivity index is 2.26. The van der Waals surface area contributed by atoms with Crippen molar-refractivity contribution in [2.45, 2.75) is 45.3 Å². The predicted molar refractivity (Wildman–Crippen MR) is 74.3 cm³/mol. The second-order valence-electron chi connectivity index (χ2n) is 5.62. The molecule has 1 aliphatic rings. The summed E-state index contributed by atoms with van der Waals surface area (Å²) in [6.45, 7) is 7.94. The molecule has 0 bridgehead atoms. The second kappa shape index (κ2) is 4.79. The van der Waals surface area contributed by atoms with Gasteiger partial charge in [-0.3, -0.25) is 4.98 Å². The molecule has 100 valence electrons. The molecule has 0 aliphatic carbocycles. The van der Waals surface area contributed by atoms with Gasteiger partial charge in [0.25, 0.3) is 0 Å². The maximum absolute atomic E-state index is 8.68. The summed E-state index contributed by atoms with van der Waals surface area (Å²) in [6.07, 6.45) is 1.85. The van der Waals surface area contributed by atoms with Gasteiger partial charge in [-0.05, 0) is 33.8 Å². The van der Waals surface area contributed by atoms with E-state index in [0.29, 0.717) is 16.2 Å². The van der Waals surface area contributed by atoms with E-state index in [-0.39, 0.29) is 6.42 Å². The van der Waals surface area contributed by atoms with E-state index in [1.807, 2.05) is 27.7 Å². The standard InChI is InChI=1S/C13H16BClN2O2/c1-12(2)13(3,4)19-14(18-12)11-7-10(15)9(5-6-16)8-17-11/h7-8H,5H2,1-4H3. The van der Waals surface area contributed by atoms with Crippen molar-refractivity contribution in [3.05, 3.63) is 22.8 Å². The van der Waals surface area contributed by atoms with Crippen LogP contribution in [-0.2, 0) is 15.7 Å². The maximum atomic E-state index is 8.68. The molecule has 0 atom stereocenters. The molecule has 0 amide bonds. The Morgan fingerprint density at radius 3 is 2.37 bits per heavy atom. The highest BCUT2D eigenvalue weighted by molar-refractivity contribution is 6.61. The Morgan fingerprint density at radius 2 is 1.89 bits per heavy atom. The molecule has 0 spiro atoms. The summed E-state index contributed by atoms with van der Waals surface area (Å²) in [5.41, 5.74) is 0.531. The molecule has 0 N–H and O–H groups in total. The number of rotatable bonds is 2. The van der Waals surface area contributed by atoms with Crippen LogP contribution in [0.5, 0.6) is 0 Å². The van der Waals surface area contributed by atoms with Crippen LogP contribution >= 0.6 is 11.6 Å². The first kappa shape index (κ1) is 14.3. The molecule has 1 saturated heterocycles. The summed E-state index contributed by atoms with van der Waals surface area (Å²) >= 11 is 6.13. The highest BCUT2D eigenvalue weighted by Gasteiger charge is 2.52. The molecule has 19 heavy (non-hydrogen) atoms. The summed E-state index contributed by atoms with van der Waals surface area (Å²) in [4.78, 5) is 4.29. The molecule has 1 aromatic heterocycles. The van der Waals surface area contributed by atoms with Crippen molar-refractivity contribution in [1.82, 2.24) is 4.98 Å². The number of halogens is 1. The third-order valence-electron chi connectivity index (χ3n) is 3.72. The zero-order chi connectivity index (χ0) is 14.3. The predicted octanol–water partition coefficient (Wildman–Crippen LogP) is 2.10. The number of aromatic nitrogens is 1. The van der Waals surface area contributed by atoms with Crippen molar-refractivity contribution in [3.63, 3.8) is 0 Å². The van der Waals surface area contributed by atoms with Gasteiger partial charge in [0.15, 0.2) is 0 Å². The van der Waals surface area contributed by atoms with Crippen molar-refractivity contribution < 1.29 is 9.31 Å². The fourth-order valence-electron chi connectivity index (χ4n) is 1.78. The third kappa shape index (κ3) is 2.62. The Labute approximate surface area is 118 Å². The largest absolute Gasteiger partial charge is 0.514 e. The normalized spacial score (nSPS) is 20.3. The summed E-state index contributed by atoms with van der Waals surface area (Å²) in [5, 5.41) is 9.19. The number of pyridine rings is 1. The number of hydrogen-bond donors (Lipinski definition) is 0. The minimum absolute atomic E-state index is 0.246. The maximum Gasteiger partial charge on any atom is 0.514 e. The molecule has 1 fully saturated rings. The highest BCUT2D eigenvalue weighted by Crippen LogP contribution is 2.36. The molecule has 0 saturated carbocycles. The van der Waals surface area contributed by atoms with Crippen LogP contribution in [0.2, 0.25) is 5.02 Å². The van der Waals surface area contributed by atoms with Crippen molar-refractivity contribution in [2.75, 3.05) is 0 Å². The van der Waals surface area contributed by atoms with Crippen LogP contribution in [0.25, 0.3) is 0 Å². The lowest BCUT2D eigenvalue weighted by atomic mass is 9.84. The van der Waals surface area contributed by atoms with Gasteiger partial charge in [0.1, 0.15) is 0 Å². The fraction of sp³-hybridized carbons (Fsp3) is 0.538. The summed E-state index contributed by atoms with van der Waals surface area (Å²) in [5.74, 6) is 0. The van der Waals surface area contributed by atoms with Gasteiger partial charge in [0.2, 0.25) is 0 Å². The Hall–Kier alpha value is -1.09. The van der Waals surface area contributed by atoms with Crippen LogP contribution in [0, 0.1) is 11.3 Å². The second-order valence-corrected chi connectivity index (χ2v) is 6.03. The molecule has 1 aromatic rings. The molecule has 6 heteroatoms. The zero-order valence-electron chi connectivity index (χ0n) is 11.5. The van der Waals surface area contributed by atoms with Gasteiger partial charge in [-0.1, -0.05) is 11.6 Å². The van der Waals surface area contributed by atoms with Crippen molar-refractivity contribution in [3.8, 4) is 6.07 Å². The molecule has 0 radical (unpaired) electrons. The quantitative estimate of drug-likeness (QED) is 0.778. The number of nitrogens with zero attached hydrogens (tertiary/aromatic N) is 2. The van der Waals surface area contributed by atoms with E-state index in [2.05, 4.69) is 11.1 Å². The third-order valence-corrected chi connectivity index (χ3v) is 4.07. The molecular formula is C13H16BClN2O2. The number of nitriles is 1. The summed E-state index contributed by atoms with van der Waals surface area (Å²) in [6, 6.07) is 3.76. The lowest BCUT2D eigenvalue weighted by Gasteiger charge is -2.32. The Kier molecular flexibility index (Phi) is 3.61. The van der Waals surface area contributed by atoms with Crippen LogP contribution < -0.4 is 5.59 Å². The van der Waals surface area contributed by atoms with E-state index in [0.717, 1.165) is 0 Å². The van der Waals surface area contributed by atoms with Crippen molar-refractivity contribution in [2.24, 2.45) is 0 Å². The minimum atomic E-state index is -0.529. The minimum Gasteiger partial charge on any atom is -0.398 e. The van der Waals surface area contributed by atoms with Gasteiger partial charge in [0, 0.05) is 16.8 Å². The van der Waals surface area contributed by atoms with Crippen LogP contribution in [0.15, 0.2) is 12.3 Å². The van der Waals surface area contributed by atoms with Crippen LogP contribution in [0.3, 0.4) is 0 Å². The molecule has 0 unspecified atom stereocenters. The fourth-order valence-corrected chi connectivity index (χ4v) is 2.01. The van der Waals surface area contributed by atoms with E-state index in [1.54, 1.807) is 12.3 Å². The lowest BCUT2D eigenvalue weighted by molar-refractivity contribution is 0.00578. The SMILES string of the molecule is CC1(C)OB(c2cc(Cl)c(CC#N)cn2)OC1(C)C. The first-order valence-corrected chi connectivity index (χ1v) is 6.51. The zero-order valence-corrected chi connectivity index (χ0v) is 12.3. The van der Waals surface area contributed by atoms with Crippen molar-refractivity contribution >= 4 is 24.3 Å². The van der Waals surface area contributed by atoms with Gasteiger partial charge in [-0.25, -0.2) is 0 Å². The smallest absolute Gasteiger partial charge is 0.398 e. The van der Waals surface area contributed by atoms with E-state index in [9.17, 15) is 0 Å². The highest BCUT2D eigenvalue weighted by atomic mass is 35.5. The number of hydrogen-bond acceptors (Lipinski definition) is 4.